The molecule has 0 N–H and O–H groups in total. The molecule has 0 aromatic heterocycles. The zero-order valence-electron chi connectivity index (χ0n) is 17.6. The second-order valence-electron chi connectivity index (χ2n) is 8.37. The third-order valence-corrected chi connectivity index (χ3v) is 7.69. The first kappa shape index (κ1) is 23.8. The summed E-state index contributed by atoms with van der Waals surface area (Å²) in [6.07, 6.45) is -4.44. The summed E-state index contributed by atoms with van der Waals surface area (Å²) in [5.41, 5.74) is -0.304. The second-order valence-corrected chi connectivity index (χ2v) is 9.85. The van der Waals surface area contributed by atoms with E-state index in [-0.39, 0.29) is 42.4 Å². The Morgan fingerprint density at radius 2 is 1.70 bits per heavy atom. The summed E-state index contributed by atoms with van der Waals surface area (Å²) in [6.45, 7) is 1.30. The predicted octanol–water partition coefficient (Wildman–Crippen LogP) is 5.07. The van der Waals surface area contributed by atoms with Gasteiger partial charge in [0.15, 0.2) is 0 Å². The average molecular weight is 484 g/mol. The number of hydrogen-bond acceptors (Lipinski definition) is 3. The van der Waals surface area contributed by atoms with E-state index < -0.39 is 28.6 Å². The molecule has 0 saturated carbocycles. The van der Waals surface area contributed by atoms with Crippen LogP contribution in [0.3, 0.4) is 0 Å². The van der Waals surface area contributed by atoms with Crippen LogP contribution >= 0.6 is 0 Å². The van der Waals surface area contributed by atoms with E-state index in [0.717, 1.165) is 6.07 Å². The van der Waals surface area contributed by atoms with Crippen LogP contribution in [0.2, 0.25) is 0 Å². The molecule has 4 rings (SSSR count). The summed E-state index contributed by atoms with van der Waals surface area (Å²) in [6, 6.07) is 11.3. The molecule has 2 heterocycles. The highest BCUT2D eigenvalue weighted by Gasteiger charge is 2.39. The van der Waals surface area contributed by atoms with E-state index in [0.29, 0.717) is 30.6 Å². The van der Waals surface area contributed by atoms with Crippen molar-refractivity contribution >= 4 is 11.0 Å². The summed E-state index contributed by atoms with van der Waals surface area (Å²) < 4.78 is 83.0. The van der Waals surface area contributed by atoms with Gasteiger partial charge in [-0.3, -0.25) is 4.90 Å². The average Bonchev–Trinajstić information content (AvgIpc) is 3.28. The van der Waals surface area contributed by atoms with Crippen molar-refractivity contribution < 1.29 is 26.2 Å². The summed E-state index contributed by atoms with van der Waals surface area (Å²) in [7, 11) is -1.80. The van der Waals surface area contributed by atoms with Gasteiger partial charge < -0.3 is 0 Å². The topological polar surface area (TPSA) is 47.3 Å². The van der Waals surface area contributed by atoms with Gasteiger partial charge in [-0.15, -0.1) is 0 Å². The first-order valence-corrected chi connectivity index (χ1v) is 11.7. The molecule has 2 aliphatic heterocycles. The minimum atomic E-state index is -4.66. The smallest absolute Gasteiger partial charge is 0.299 e. The lowest BCUT2D eigenvalue weighted by Crippen LogP contribution is -2.46. The van der Waals surface area contributed by atoms with Crippen molar-refractivity contribution in [2.45, 2.75) is 42.3 Å². The molecule has 2 aromatic rings. The zero-order valence-corrected chi connectivity index (χ0v) is 18.4. The van der Waals surface area contributed by atoms with Crippen LogP contribution in [0.4, 0.5) is 22.0 Å². The number of halogens is 5. The lowest BCUT2D eigenvalue weighted by Gasteiger charge is -2.35. The number of nitriles is 1. The van der Waals surface area contributed by atoms with Crippen molar-refractivity contribution in [1.82, 2.24) is 9.21 Å². The summed E-state index contributed by atoms with van der Waals surface area (Å²) >= 11 is 0. The molecule has 10 heteroatoms. The molecule has 2 atom stereocenters. The van der Waals surface area contributed by atoms with Crippen molar-refractivity contribution in [3.63, 3.8) is 0 Å². The number of piperidine rings is 1. The maximum Gasteiger partial charge on any atom is 0.417 e. The number of hydrogen-bond donors (Lipinski definition) is 0. The van der Waals surface area contributed by atoms with E-state index in [2.05, 4.69) is 0 Å². The van der Waals surface area contributed by atoms with Gasteiger partial charge in [-0.05, 0) is 41.8 Å². The van der Waals surface area contributed by atoms with Crippen LogP contribution < -0.4 is 0 Å². The normalized spacial score (nSPS) is 22.7. The molecular weight excluding hydrogens is 461 g/mol. The van der Waals surface area contributed by atoms with E-state index in [1.807, 2.05) is 11.0 Å². The minimum absolute atomic E-state index is 0.0370. The van der Waals surface area contributed by atoms with Gasteiger partial charge in [0.25, 0.3) is 5.92 Å². The van der Waals surface area contributed by atoms with Crippen molar-refractivity contribution in [2.24, 2.45) is 0 Å². The minimum Gasteiger partial charge on any atom is -0.299 e. The number of benzene rings is 2. The van der Waals surface area contributed by atoms with Crippen LogP contribution in [0.5, 0.6) is 0 Å². The standard InChI is InChI=1S/C23H22F5N3OS/c24-22(25)8-11-30(12-9-22)18-7-10-31(15-18)33(32)19-5-6-20(21(13-19)23(26,27)28)17-3-1-16(14-29)2-4-17/h1-6,13,18H,7-12,15H2. The maximum atomic E-state index is 13.8. The molecule has 4 nitrogen and oxygen atoms in total. The Morgan fingerprint density at radius 3 is 2.30 bits per heavy atom. The third kappa shape index (κ3) is 5.26. The van der Waals surface area contributed by atoms with Gasteiger partial charge in [-0.2, -0.15) is 18.4 Å². The monoisotopic (exact) mass is 483 g/mol. The third-order valence-electron chi connectivity index (χ3n) is 6.23. The summed E-state index contributed by atoms with van der Waals surface area (Å²) in [5.74, 6) is -2.65. The Kier molecular flexibility index (Phi) is 6.58. The Labute approximate surface area is 191 Å². The van der Waals surface area contributed by atoms with Crippen molar-refractivity contribution in [3.8, 4) is 17.2 Å². The van der Waals surface area contributed by atoms with Crippen LogP contribution in [-0.4, -0.2) is 51.6 Å². The highest BCUT2D eigenvalue weighted by atomic mass is 32.2. The largest absolute Gasteiger partial charge is 0.417 e. The van der Waals surface area contributed by atoms with E-state index in [9.17, 15) is 26.2 Å². The SMILES string of the molecule is N#Cc1ccc(-c2ccc(S(=O)N3CCC(N4CCC(F)(F)CC4)C3)cc2C(F)(F)F)cc1. The fourth-order valence-corrected chi connectivity index (χ4v) is 5.65. The molecule has 33 heavy (non-hydrogen) atoms. The van der Waals surface area contributed by atoms with Crippen LogP contribution in [0.15, 0.2) is 47.4 Å². The molecule has 2 saturated heterocycles. The molecule has 2 fully saturated rings. The fraction of sp³-hybridized carbons (Fsp3) is 0.435. The van der Waals surface area contributed by atoms with Crippen molar-refractivity contribution in [2.75, 3.05) is 26.2 Å². The molecule has 2 aliphatic rings. The van der Waals surface area contributed by atoms with Gasteiger partial charge in [0.2, 0.25) is 0 Å². The Bertz CT molecular complexity index is 1070. The number of rotatable bonds is 4. The van der Waals surface area contributed by atoms with Crippen LogP contribution in [0.1, 0.15) is 30.4 Å². The van der Waals surface area contributed by atoms with E-state index >= 15 is 0 Å². The number of nitrogens with zero attached hydrogens (tertiary/aromatic N) is 3. The molecule has 0 bridgehead atoms. The van der Waals surface area contributed by atoms with E-state index in [4.69, 9.17) is 5.26 Å². The van der Waals surface area contributed by atoms with Crippen molar-refractivity contribution in [1.29, 1.82) is 5.26 Å². The second kappa shape index (κ2) is 9.12. The molecule has 0 aliphatic carbocycles. The summed E-state index contributed by atoms with van der Waals surface area (Å²) in [4.78, 5) is 2.01. The van der Waals surface area contributed by atoms with Gasteiger partial charge in [0.05, 0.1) is 22.1 Å². The molecule has 0 amide bonds. The van der Waals surface area contributed by atoms with E-state index in [1.165, 1.54) is 36.4 Å². The highest BCUT2D eigenvalue weighted by molar-refractivity contribution is 7.82. The summed E-state index contributed by atoms with van der Waals surface area (Å²) in [5, 5.41) is 8.90. The molecule has 2 aromatic carbocycles. The van der Waals surface area contributed by atoms with E-state index in [1.54, 1.807) is 4.31 Å². The number of likely N-dealkylation sites (tertiary alicyclic amines) is 1. The van der Waals surface area contributed by atoms with Gasteiger partial charge >= 0.3 is 6.18 Å². The molecule has 0 radical (unpaired) electrons. The van der Waals surface area contributed by atoms with Gasteiger partial charge in [-0.1, -0.05) is 18.2 Å². The van der Waals surface area contributed by atoms with Crippen LogP contribution in [-0.2, 0) is 17.2 Å². The van der Waals surface area contributed by atoms with Gasteiger partial charge in [0.1, 0.15) is 11.0 Å². The van der Waals surface area contributed by atoms with Crippen LogP contribution in [0, 0.1) is 11.3 Å². The lowest BCUT2D eigenvalue weighted by molar-refractivity contribution is -0.137. The van der Waals surface area contributed by atoms with Crippen molar-refractivity contribution in [3.05, 3.63) is 53.6 Å². The lowest BCUT2D eigenvalue weighted by atomic mass is 9.98. The quantitative estimate of drug-likeness (QED) is 0.571. The highest BCUT2D eigenvalue weighted by Crippen LogP contribution is 2.39. The molecule has 2 unspecified atom stereocenters. The van der Waals surface area contributed by atoms with Gasteiger partial charge in [0, 0.05) is 45.1 Å². The Morgan fingerprint density at radius 1 is 1.03 bits per heavy atom. The van der Waals surface area contributed by atoms with Gasteiger partial charge in [-0.25, -0.2) is 17.3 Å². The maximum absolute atomic E-state index is 13.8. The van der Waals surface area contributed by atoms with Crippen LogP contribution in [0.25, 0.3) is 11.1 Å². The first-order valence-electron chi connectivity index (χ1n) is 10.6. The zero-order chi connectivity index (χ0) is 23.8. The molecule has 176 valence electrons. The predicted molar refractivity (Wildman–Crippen MR) is 114 cm³/mol. The Balaban J connectivity index is 1.53. The molecule has 0 spiro atoms. The molecular formula is C23H22F5N3OS. The first-order chi connectivity index (χ1) is 15.6. The number of alkyl halides is 5. The fourth-order valence-electron chi connectivity index (χ4n) is 4.37. The Hall–Kier alpha value is -2.35.